The Hall–Kier alpha value is -1.17. The molecule has 0 saturated carbocycles. The van der Waals surface area contributed by atoms with Crippen LogP contribution in [0.2, 0.25) is 0 Å². The third kappa shape index (κ3) is 3.59. The molecule has 1 aliphatic rings. The van der Waals surface area contributed by atoms with Crippen LogP contribution in [0.1, 0.15) is 6.92 Å². The highest BCUT2D eigenvalue weighted by atomic mass is 79.9. The van der Waals surface area contributed by atoms with Gasteiger partial charge in [-0.2, -0.15) is 0 Å². The predicted molar refractivity (Wildman–Crippen MR) is 96.5 cm³/mol. The van der Waals surface area contributed by atoms with Crippen LogP contribution in [0.5, 0.6) is 0 Å². The summed E-state index contributed by atoms with van der Waals surface area (Å²) in [5, 5.41) is 4.78. The van der Waals surface area contributed by atoms with Gasteiger partial charge in [0, 0.05) is 60.5 Å². The van der Waals surface area contributed by atoms with Gasteiger partial charge in [0.25, 0.3) is 0 Å². The summed E-state index contributed by atoms with van der Waals surface area (Å²) in [7, 11) is 2.20. The Labute approximate surface area is 140 Å². The minimum absolute atomic E-state index is 0.532. The number of hydrogen-bond acceptors (Lipinski definition) is 4. The maximum Gasteiger partial charge on any atom is 0.0723 e. The summed E-state index contributed by atoms with van der Waals surface area (Å²) in [6.07, 6.45) is 1.87. The Kier molecular flexibility index (Phi) is 4.96. The van der Waals surface area contributed by atoms with Crippen molar-refractivity contribution in [3.8, 4) is 0 Å². The minimum Gasteiger partial charge on any atom is -0.383 e. The minimum atomic E-state index is 0.532. The lowest BCUT2D eigenvalue weighted by atomic mass is 10.1. The zero-order valence-electron chi connectivity index (χ0n) is 13.2. The van der Waals surface area contributed by atoms with Crippen LogP contribution >= 0.6 is 15.9 Å². The molecule has 4 nitrogen and oxygen atoms in total. The zero-order chi connectivity index (χ0) is 15.5. The molecule has 2 heterocycles. The lowest BCUT2D eigenvalue weighted by Crippen LogP contribution is -2.49. The zero-order valence-corrected chi connectivity index (χ0v) is 14.8. The van der Waals surface area contributed by atoms with Crippen molar-refractivity contribution in [2.24, 2.45) is 0 Å². The number of benzene rings is 1. The standard InChI is InChI=1S/C17H23BrN4/c1-13(22-9-7-21(2)8-10-22)12-20-17-5-6-19-16-4-3-14(18)11-15(16)17/h3-6,11,13H,7-10,12H2,1-2H3,(H,19,20). The molecule has 0 bridgehead atoms. The van der Waals surface area contributed by atoms with Gasteiger partial charge in [0.15, 0.2) is 0 Å². The van der Waals surface area contributed by atoms with Crippen molar-refractivity contribution in [2.75, 3.05) is 45.1 Å². The molecular formula is C17H23BrN4. The summed E-state index contributed by atoms with van der Waals surface area (Å²) >= 11 is 3.55. The van der Waals surface area contributed by atoms with E-state index in [4.69, 9.17) is 0 Å². The van der Waals surface area contributed by atoms with Crippen molar-refractivity contribution in [1.82, 2.24) is 14.8 Å². The molecule has 1 saturated heterocycles. The van der Waals surface area contributed by atoms with Crippen LogP contribution in [0, 0.1) is 0 Å². The first-order chi connectivity index (χ1) is 10.6. The van der Waals surface area contributed by atoms with E-state index in [1.807, 2.05) is 12.3 Å². The van der Waals surface area contributed by atoms with Crippen LogP contribution in [-0.4, -0.2) is 60.6 Å². The predicted octanol–water partition coefficient (Wildman–Crippen LogP) is 3.05. The van der Waals surface area contributed by atoms with Gasteiger partial charge < -0.3 is 10.2 Å². The van der Waals surface area contributed by atoms with Gasteiger partial charge in [-0.05, 0) is 38.2 Å². The molecule has 1 unspecified atom stereocenters. The van der Waals surface area contributed by atoms with E-state index < -0.39 is 0 Å². The molecule has 1 N–H and O–H groups in total. The number of halogens is 1. The van der Waals surface area contributed by atoms with Crippen LogP contribution < -0.4 is 5.32 Å². The average molecular weight is 363 g/mol. The fourth-order valence-corrected chi connectivity index (χ4v) is 3.28. The molecule has 1 aromatic heterocycles. The van der Waals surface area contributed by atoms with Crippen molar-refractivity contribution >= 4 is 32.5 Å². The fraction of sp³-hybridized carbons (Fsp3) is 0.471. The molecule has 1 aromatic carbocycles. The third-order valence-corrected chi connectivity index (χ3v) is 4.95. The van der Waals surface area contributed by atoms with Gasteiger partial charge in [0.1, 0.15) is 0 Å². The van der Waals surface area contributed by atoms with E-state index in [-0.39, 0.29) is 0 Å². The van der Waals surface area contributed by atoms with Crippen LogP contribution in [0.3, 0.4) is 0 Å². The summed E-state index contributed by atoms with van der Waals surface area (Å²) in [5.41, 5.74) is 2.19. The van der Waals surface area contributed by atoms with Crippen LogP contribution in [-0.2, 0) is 0 Å². The molecule has 2 aromatic rings. The first kappa shape index (κ1) is 15.7. The van der Waals surface area contributed by atoms with Crippen molar-refractivity contribution in [3.63, 3.8) is 0 Å². The van der Waals surface area contributed by atoms with E-state index in [0.717, 1.165) is 48.4 Å². The molecule has 5 heteroatoms. The monoisotopic (exact) mass is 362 g/mol. The van der Waals surface area contributed by atoms with Gasteiger partial charge in [0.05, 0.1) is 5.52 Å². The van der Waals surface area contributed by atoms with E-state index in [9.17, 15) is 0 Å². The van der Waals surface area contributed by atoms with Gasteiger partial charge >= 0.3 is 0 Å². The molecule has 0 aliphatic carbocycles. The number of aromatic nitrogens is 1. The Balaban J connectivity index is 1.67. The maximum absolute atomic E-state index is 4.43. The Morgan fingerprint density at radius 1 is 1.23 bits per heavy atom. The smallest absolute Gasteiger partial charge is 0.0723 e. The number of anilines is 1. The Bertz CT molecular complexity index is 638. The number of nitrogens with one attached hydrogen (secondary N) is 1. The molecule has 22 heavy (non-hydrogen) atoms. The summed E-state index contributed by atoms with van der Waals surface area (Å²) < 4.78 is 1.09. The van der Waals surface area contributed by atoms with E-state index in [0.29, 0.717) is 6.04 Å². The second-order valence-electron chi connectivity index (χ2n) is 6.09. The summed E-state index contributed by atoms with van der Waals surface area (Å²) in [6.45, 7) is 7.89. The number of likely N-dealkylation sites (N-methyl/N-ethyl adjacent to an activating group) is 1. The summed E-state index contributed by atoms with van der Waals surface area (Å²) in [5.74, 6) is 0. The number of fused-ring (bicyclic) bond motifs is 1. The molecule has 118 valence electrons. The molecule has 3 rings (SSSR count). The van der Waals surface area contributed by atoms with Crippen molar-refractivity contribution in [3.05, 3.63) is 34.9 Å². The lowest BCUT2D eigenvalue weighted by molar-refractivity contribution is 0.123. The number of rotatable bonds is 4. The first-order valence-corrected chi connectivity index (χ1v) is 8.63. The fourth-order valence-electron chi connectivity index (χ4n) is 2.92. The normalized spacial score (nSPS) is 18.5. The Morgan fingerprint density at radius 3 is 2.77 bits per heavy atom. The maximum atomic E-state index is 4.43. The van der Waals surface area contributed by atoms with Crippen LogP contribution in [0.4, 0.5) is 5.69 Å². The van der Waals surface area contributed by atoms with E-state index >= 15 is 0 Å². The van der Waals surface area contributed by atoms with E-state index in [2.05, 4.69) is 68.2 Å². The largest absolute Gasteiger partial charge is 0.383 e. The molecule has 1 aliphatic heterocycles. The molecule has 0 amide bonds. The molecule has 0 radical (unpaired) electrons. The van der Waals surface area contributed by atoms with Crippen molar-refractivity contribution in [2.45, 2.75) is 13.0 Å². The summed E-state index contributed by atoms with van der Waals surface area (Å²) in [6, 6.07) is 8.81. The van der Waals surface area contributed by atoms with Crippen LogP contribution in [0.25, 0.3) is 10.9 Å². The highest BCUT2D eigenvalue weighted by Crippen LogP contribution is 2.25. The number of nitrogens with zero attached hydrogens (tertiary/aromatic N) is 3. The Morgan fingerprint density at radius 2 is 2.00 bits per heavy atom. The molecule has 1 atom stereocenters. The highest BCUT2D eigenvalue weighted by Gasteiger charge is 2.18. The van der Waals surface area contributed by atoms with Gasteiger partial charge in [-0.15, -0.1) is 0 Å². The van der Waals surface area contributed by atoms with E-state index in [1.54, 1.807) is 0 Å². The number of pyridine rings is 1. The van der Waals surface area contributed by atoms with Crippen LogP contribution in [0.15, 0.2) is 34.9 Å². The second-order valence-corrected chi connectivity index (χ2v) is 7.00. The van der Waals surface area contributed by atoms with E-state index in [1.165, 1.54) is 5.39 Å². The quantitative estimate of drug-likeness (QED) is 0.905. The first-order valence-electron chi connectivity index (χ1n) is 7.84. The molecule has 1 fully saturated rings. The highest BCUT2D eigenvalue weighted by molar-refractivity contribution is 9.10. The van der Waals surface area contributed by atoms with Crippen molar-refractivity contribution in [1.29, 1.82) is 0 Å². The average Bonchev–Trinajstić information content (AvgIpc) is 2.53. The lowest BCUT2D eigenvalue weighted by Gasteiger charge is -2.36. The number of piperazine rings is 1. The second kappa shape index (κ2) is 6.94. The molecular weight excluding hydrogens is 340 g/mol. The van der Waals surface area contributed by atoms with Gasteiger partial charge in [-0.1, -0.05) is 15.9 Å². The van der Waals surface area contributed by atoms with Gasteiger partial charge in [-0.25, -0.2) is 0 Å². The third-order valence-electron chi connectivity index (χ3n) is 4.45. The van der Waals surface area contributed by atoms with Crippen molar-refractivity contribution < 1.29 is 0 Å². The molecule has 0 spiro atoms. The topological polar surface area (TPSA) is 31.4 Å². The summed E-state index contributed by atoms with van der Waals surface area (Å²) in [4.78, 5) is 9.39. The SMILES string of the molecule is CC(CNc1ccnc2ccc(Br)cc12)N1CCN(C)CC1. The van der Waals surface area contributed by atoms with Gasteiger partial charge in [0.2, 0.25) is 0 Å². The number of hydrogen-bond donors (Lipinski definition) is 1. The van der Waals surface area contributed by atoms with Gasteiger partial charge in [-0.3, -0.25) is 9.88 Å².